The van der Waals surface area contributed by atoms with Gasteiger partial charge in [-0.15, -0.1) is 0 Å². The van der Waals surface area contributed by atoms with Crippen LogP contribution in [0.15, 0.2) is 0 Å². The minimum atomic E-state index is 0.935. The lowest BCUT2D eigenvalue weighted by Crippen LogP contribution is -1.85. The smallest absolute Gasteiger partial charge is 0.0195 e. The predicted molar refractivity (Wildman–Crippen MR) is 55.8 cm³/mol. The lowest BCUT2D eigenvalue weighted by atomic mass is 10.1. The van der Waals surface area contributed by atoms with Crippen molar-refractivity contribution in [2.75, 3.05) is 7.05 Å². The summed E-state index contributed by atoms with van der Waals surface area (Å²) < 4.78 is 0. The highest BCUT2D eigenvalue weighted by Gasteiger charge is 1.88. The van der Waals surface area contributed by atoms with Crippen LogP contribution < -0.4 is 5.73 Å². The maximum Gasteiger partial charge on any atom is -0.0195 e. The van der Waals surface area contributed by atoms with E-state index < -0.39 is 0 Å². The van der Waals surface area contributed by atoms with Gasteiger partial charge in [0, 0.05) is 0 Å². The molecule has 72 valence electrons. The van der Waals surface area contributed by atoms with E-state index in [0.29, 0.717) is 0 Å². The Balaban J connectivity index is -0.000000109. The number of hydrogen-bond acceptors (Lipinski definition) is 1. The van der Waals surface area contributed by atoms with Crippen LogP contribution in [0, 0.1) is 5.92 Å². The molecule has 1 heteroatoms. The molecule has 1 nitrogen and oxygen atoms in total. The van der Waals surface area contributed by atoms with Gasteiger partial charge < -0.3 is 5.73 Å². The van der Waals surface area contributed by atoms with Crippen molar-refractivity contribution in [3.8, 4) is 0 Å². The molecule has 0 saturated carbocycles. The van der Waals surface area contributed by atoms with E-state index in [-0.39, 0.29) is 0 Å². The van der Waals surface area contributed by atoms with Gasteiger partial charge in [0.1, 0.15) is 0 Å². The highest BCUT2D eigenvalue weighted by molar-refractivity contribution is 4.41. The molecule has 2 N–H and O–H groups in total. The second kappa shape index (κ2) is 22.5. The summed E-state index contributed by atoms with van der Waals surface area (Å²) in [4.78, 5) is 0. The molecule has 0 atom stereocenters. The maximum absolute atomic E-state index is 4.50. The molecule has 0 bridgehead atoms. The molecule has 11 heavy (non-hydrogen) atoms. The van der Waals surface area contributed by atoms with Crippen molar-refractivity contribution >= 4 is 0 Å². The predicted octanol–water partition coefficient (Wildman–Crippen LogP) is 3.43. The van der Waals surface area contributed by atoms with Crippen molar-refractivity contribution in [3.05, 3.63) is 0 Å². The molecule has 0 aromatic rings. The summed E-state index contributed by atoms with van der Waals surface area (Å²) in [6.07, 6.45) is 3.91. The molecule has 0 aliphatic rings. The van der Waals surface area contributed by atoms with Crippen LogP contribution in [-0.2, 0) is 0 Å². The zero-order valence-corrected chi connectivity index (χ0v) is 9.28. The molecule has 0 rings (SSSR count). The third kappa shape index (κ3) is 40.2. The number of hydrogen-bond donors (Lipinski definition) is 1. The highest BCUT2D eigenvalue weighted by Crippen LogP contribution is 2.02. The Hall–Kier alpha value is -0.0400. The zero-order valence-electron chi connectivity index (χ0n) is 9.28. The average molecular weight is 161 g/mol. The fourth-order valence-corrected chi connectivity index (χ4v) is 0.289. The third-order valence-electron chi connectivity index (χ3n) is 1.39. The molecular weight excluding hydrogens is 134 g/mol. The van der Waals surface area contributed by atoms with Gasteiger partial charge in [-0.3, -0.25) is 0 Å². The van der Waals surface area contributed by atoms with Gasteiger partial charge >= 0.3 is 0 Å². The molecule has 0 unspecified atom stereocenters. The molecule has 0 fully saturated rings. The Bertz CT molecular complexity index is 31.9. The van der Waals surface area contributed by atoms with Crippen molar-refractivity contribution < 1.29 is 0 Å². The van der Waals surface area contributed by atoms with Crippen LogP contribution in [-0.4, -0.2) is 7.05 Å². The second-order valence-corrected chi connectivity index (χ2v) is 2.63. The molecule has 0 aliphatic carbocycles. The normalized spacial score (nSPS) is 7.64. The first kappa shape index (κ1) is 17.2. The largest absolute Gasteiger partial charge is 0.333 e. The maximum atomic E-state index is 4.50. The van der Waals surface area contributed by atoms with E-state index in [0.717, 1.165) is 5.92 Å². The van der Waals surface area contributed by atoms with Crippen LogP contribution in [0.5, 0.6) is 0 Å². The Kier molecular flexibility index (Phi) is 35.1. The van der Waals surface area contributed by atoms with Crippen molar-refractivity contribution in [2.45, 2.75) is 53.9 Å². The van der Waals surface area contributed by atoms with E-state index in [9.17, 15) is 0 Å². The summed E-state index contributed by atoms with van der Waals surface area (Å²) >= 11 is 0. The zero-order chi connectivity index (χ0) is 9.70. The quantitative estimate of drug-likeness (QED) is 0.659. The number of nitrogens with two attached hydrogens (primary N) is 1. The summed E-state index contributed by atoms with van der Waals surface area (Å²) in [5.74, 6) is 0.935. The topological polar surface area (TPSA) is 26.0 Å². The van der Waals surface area contributed by atoms with Crippen molar-refractivity contribution in [3.63, 3.8) is 0 Å². The average Bonchev–Trinajstić information content (AvgIpc) is 2.08. The van der Waals surface area contributed by atoms with Crippen molar-refractivity contribution in [1.82, 2.24) is 0 Å². The van der Waals surface area contributed by atoms with Gasteiger partial charge in [-0.2, -0.15) is 0 Å². The van der Waals surface area contributed by atoms with Gasteiger partial charge in [0.25, 0.3) is 0 Å². The second-order valence-electron chi connectivity index (χ2n) is 2.63. The molecule has 0 heterocycles. The van der Waals surface area contributed by atoms with Crippen molar-refractivity contribution in [2.24, 2.45) is 11.7 Å². The summed E-state index contributed by atoms with van der Waals surface area (Å²) in [5, 5.41) is 0. The summed E-state index contributed by atoms with van der Waals surface area (Å²) in [6, 6.07) is 0. The minimum Gasteiger partial charge on any atom is -0.333 e. The van der Waals surface area contributed by atoms with Gasteiger partial charge in [0.05, 0.1) is 0 Å². The lowest BCUT2D eigenvalue weighted by Gasteiger charge is -1.98. The Labute approximate surface area is 73.4 Å². The first-order chi connectivity index (χ1) is 5.22. The van der Waals surface area contributed by atoms with Gasteiger partial charge in [0.2, 0.25) is 0 Å². The van der Waals surface area contributed by atoms with E-state index >= 15 is 0 Å². The van der Waals surface area contributed by atoms with Gasteiger partial charge in [-0.1, -0.05) is 53.9 Å². The van der Waals surface area contributed by atoms with Crippen LogP contribution in [0.1, 0.15) is 53.9 Å². The van der Waals surface area contributed by atoms with Crippen molar-refractivity contribution in [1.29, 1.82) is 0 Å². The van der Waals surface area contributed by atoms with Crippen LogP contribution >= 0.6 is 0 Å². The molecule has 0 spiro atoms. The Morgan fingerprint density at radius 2 is 1.09 bits per heavy atom. The molecule has 0 aromatic heterocycles. The van der Waals surface area contributed by atoms with E-state index in [1.54, 1.807) is 0 Å². The van der Waals surface area contributed by atoms with Gasteiger partial charge in [0.15, 0.2) is 0 Å². The van der Waals surface area contributed by atoms with Gasteiger partial charge in [-0.05, 0) is 13.0 Å². The SMILES string of the molecule is CCC.CCC(C)CC.CN. The van der Waals surface area contributed by atoms with Crippen LogP contribution in [0.2, 0.25) is 0 Å². The number of rotatable bonds is 2. The highest BCUT2D eigenvalue weighted by atomic mass is 14.4. The first-order valence-electron chi connectivity index (χ1n) is 4.80. The van der Waals surface area contributed by atoms with Gasteiger partial charge in [-0.25, -0.2) is 0 Å². The fourth-order valence-electron chi connectivity index (χ4n) is 0.289. The molecular formula is C10H27N. The van der Waals surface area contributed by atoms with Crippen LogP contribution in [0.4, 0.5) is 0 Å². The van der Waals surface area contributed by atoms with E-state index in [1.165, 1.54) is 26.3 Å². The van der Waals surface area contributed by atoms with E-state index in [1.807, 2.05) is 0 Å². The third-order valence-corrected chi connectivity index (χ3v) is 1.39. The lowest BCUT2D eigenvalue weighted by molar-refractivity contribution is 0.544. The standard InChI is InChI=1S/C6H14.C3H8.CH5N/c1-4-6(3)5-2;1-3-2;1-2/h6H,4-5H2,1-3H3;3H2,1-2H3;2H2,1H3. The monoisotopic (exact) mass is 161 g/mol. The first-order valence-corrected chi connectivity index (χ1v) is 4.80. The summed E-state index contributed by atoms with van der Waals surface area (Å²) in [6.45, 7) is 11.0. The Morgan fingerprint density at radius 3 is 1.09 bits per heavy atom. The minimum absolute atomic E-state index is 0.935. The summed E-state index contributed by atoms with van der Waals surface area (Å²) in [7, 11) is 1.50. The van der Waals surface area contributed by atoms with Crippen LogP contribution in [0.3, 0.4) is 0 Å². The Morgan fingerprint density at radius 1 is 0.909 bits per heavy atom. The molecule has 0 aromatic carbocycles. The molecule has 0 amide bonds. The fraction of sp³-hybridized carbons (Fsp3) is 1.00. The van der Waals surface area contributed by atoms with E-state index in [2.05, 4.69) is 40.4 Å². The molecule has 0 aliphatic heterocycles. The summed E-state index contributed by atoms with van der Waals surface area (Å²) in [5.41, 5.74) is 4.50. The molecule has 0 radical (unpaired) electrons. The molecule has 0 saturated heterocycles. The van der Waals surface area contributed by atoms with Crippen LogP contribution in [0.25, 0.3) is 0 Å². The van der Waals surface area contributed by atoms with E-state index in [4.69, 9.17) is 0 Å².